The van der Waals surface area contributed by atoms with Crippen molar-refractivity contribution in [3.63, 3.8) is 0 Å². The van der Waals surface area contributed by atoms with Crippen LogP contribution in [0.2, 0.25) is 0 Å². The first kappa shape index (κ1) is 15.8. The van der Waals surface area contributed by atoms with Gasteiger partial charge in [-0.1, -0.05) is 31.0 Å². The number of likely N-dealkylation sites (tertiary alicyclic amines) is 1. The van der Waals surface area contributed by atoms with E-state index in [-0.39, 0.29) is 29.6 Å². The lowest BCUT2D eigenvalue weighted by molar-refractivity contribution is -0.134. The number of para-hydroxylation sites is 1. The van der Waals surface area contributed by atoms with Crippen LogP contribution in [0.4, 0.5) is 0 Å². The van der Waals surface area contributed by atoms with E-state index >= 15 is 0 Å². The Morgan fingerprint density at radius 1 is 1.13 bits per heavy atom. The third kappa shape index (κ3) is 3.66. The van der Waals surface area contributed by atoms with Crippen molar-refractivity contribution in [1.29, 1.82) is 0 Å². The highest BCUT2D eigenvalue weighted by atomic mass is 16.5. The fraction of sp³-hybridized carbons (Fsp3) is 0.556. The summed E-state index contributed by atoms with van der Waals surface area (Å²) in [7, 11) is 0. The molecule has 2 aliphatic rings. The van der Waals surface area contributed by atoms with Gasteiger partial charge in [-0.05, 0) is 25.0 Å². The molecule has 3 rings (SSSR count). The number of nitrogens with two attached hydrogens (primary N) is 1. The number of rotatable bonds is 5. The smallest absolute Gasteiger partial charge is 0.225 e. The molecule has 2 amide bonds. The molecular weight excluding hydrogens is 292 g/mol. The van der Waals surface area contributed by atoms with Crippen LogP contribution in [-0.4, -0.2) is 36.4 Å². The highest BCUT2D eigenvalue weighted by molar-refractivity contribution is 5.82. The van der Waals surface area contributed by atoms with E-state index in [4.69, 9.17) is 10.5 Å². The fourth-order valence-corrected chi connectivity index (χ4v) is 3.69. The van der Waals surface area contributed by atoms with Gasteiger partial charge in [-0.2, -0.15) is 0 Å². The highest BCUT2D eigenvalue weighted by Crippen LogP contribution is 2.31. The van der Waals surface area contributed by atoms with Crippen LogP contribution in [-0.2, 0) is 9.59 Å². The van der Waals surface area contributed by atoms with E-state index in [2.05, 4.69) is 0 Å². The van der Waals surface area contributed by atoms with Crippen molar-refractivity contribution < 1.29 is 14.3 Å². The van der Waals surface area contributed by atoms with Crippen LogP contribution in [0.1, 0.15) is 25.7 Å². The summed E-state index contributed by atoms with van der Waals surface area (Å²) >= 11 is 0. The average Bonchev–Trinajstić information content (AvgIpc) is 3.23. The van der Waals surface area contributed by atoms with Crippen molar-refractivity contribution >= 4 is 11.8 Å². The summed E-state index contributed by atoms with van der Waals surface area (Å²) in [6.45, 7) is 1.41. The van der Waals surface area contributed by atoms with Gasteiger partial charge < -0.3 is 15.4 Å². The number of amides is 2. The second kappa shape index (κ2) is 7.02. The largest absolute Gasteiger partial charge is 0.493 e. The van der Waals surface area contributed by atoms with Crippen molar-refractivity contribution in [2.45, 2.75) is 25.7 Å². The normalized spacial score (nSPS) is 24.8. The summed E-state index contributed by atoms with van der Waals surface area (Å²) in [4.78, 5) is 26.1. The van der Waals surface area contributed by atoms with E-state index in [1.54, 1.807) is 0 Å². The van der Waals surface area contributed by atoms with Gasteiger partial charge >= 0.3 is 0 Å². The Kier molecular flexibility index (Phi) is 4.84. The Morgan fingerprint density at radius 2 is 1.83 bits per heavy atom. The van der Waals surface area contributed by atoms with Crippen molar-refractivity contribution in [2.24, 2.45) is 23.5 Å². The van der Waals surface area contributed by atoms with Gasteiger partial charge in [0.1, 0.15) is 5.75 Å². The van der Waals surface area contributed by atoms with Gasteiger partial charge in [-0.15, -0.1) is 0 Å². The molecule has 5 nitrogen and oxygen atoms in total. The summed E-state index contributed by atoms with van der Waals surface area (Å²) in [6, 6.07) is 9.51. The summed E-state index contributed by atoms with van der Waals surface area (Å²) in [5.41, 5.74) is 5.54. The van der Waals surface area contributed by atoms with Crippen molar-refractivity contribution in [2.75, 3.05) is 19.7 Å². The minimum Gasteiger partial charge on any atom is -0.493 e. The molecule has 1 heterocycles. The third-order valence-electron chi connectivity index (χ3n) is 5.03. The molecule has 2 N–H and O–H groups in total. The number of benzene rings is 1. The minimum absolute atomic E-state index is 0.0296. The van der Waals surface area contributed by atoms with E-state index < -0.39 is 0 Å². The van der Waals surface area contributed by atoms with Gasteiger partial charge in [0.2, 0.25) is 11.8 Å². The van der Waals surface area contributed by atoms with E-state index in [0.29, 0.717) is 19.7 Å². The maximum Gasteiger partial charge on any atom is 0.225 e. The lowest BCUT2D eigenvalue weighted by Gasteiger charge is -2.20. The summed E-state index contributed by atoms with van der Waals surface area (Å²) < 4.78 is 5.78. The summed E-state index contributed by atoms with van der Waals surface area (Å²) in [5, 5.41) is 0. The van der Waals surface area contributed by atoms with Gasteiger partial charge in [0.05, 0.1) is 12.5 Å². The number of ether oxygens (including phenoxy) is 1. The quantitative estimate of drug-likeness (QED) is 0.900. The molecule has 1 saturated heterocycles. The van der Waals surface area contributed by atoms with Crippen LogP contribution in [0.3, 0.4) is 0 Å². The molecule has 5 heteroatoms. The number of hydrogen-bond donors (Lipinski definition) is 1. The second-order valence-corrected chi connectivity index (χ2v) is 6.62. The Bertz CT molecular complexity index is 555. The van der Waals surface area contributed by atoms with Gasteiger partial charge in [-0.25, -0.2) is 0 Å². The van der Waals surface area contributed by atoms with Crippen LogP contribution in [0, 0.1) is 17.8 Å². The zero-order valence-electron chi connectivity index (χ0n) is 13.3. The van der Waals surface area contributed by atoms with Gasteiger partial charge in [0.25, 0.3) is 0 Å². The molecule has 1 aromatic rings. The minimum atomic E-state index is -0.339. The number of primary amides is 1. The van der Waals surface area contributed by atoms with Crippen LogP contribution in [0.25, 0.3) is 0 Å². The number of nitrogens with zero attached hydrogens (tertiary/aromatic N) is 1. The standard InChI is InChI=1S/C18H24N2O3/c19-17(21)16-11-20(18(22)13-6-4-5-7-13)10-14(16)12-23-15-8-2-1-3-9-15/h1-3,8-9,13-14,16H,4-7,10-12H2,(H2,19,21)/t14-,16+/m0/s1. The Hall–Kier alpha value is -2.04. The maximum atomic E-state index is 12.6. The first-order valence-electron chi connectivity index (χ1n) is 8.41. The molecule has 0 unspecified atom stereocenters. The Labute approximate surface area is 136 Å². The molecule has 1 aliphatic heterocycles. The van der Waals surface area contributed by atoms with Crippen LogP contribution in [0.15, 0.2) is 30.3 Å². The SMILES string of the molecule is NC(=O)[C@@H]1CN(C(=O)C2CCCC2)C[C@H]1COc1ccccc1. The van der Waals surface area contributed by atoms with E-state index in [1.807, 2.05) is 35.2 Å². The molecular formula is C18H24N2O3. The Morgan fingerprint density at radius 3 is 2.48 bits per heavy atom. The van der Waals surface area contributed by atoms with Crippen molar-refractivity contribution in [1.82, 2.24) is 4.90 Å². The van der Waals surface area contributed by atoms with E-state index in [1.165, 1.54) is 0 Å². The molecule has 1 aliphatic carbocycles. The number of carbonyl (C=O) groups is 2. The molecule has 23 heavy (non-hydrogen) atoms. The second-order valence-electron chi connectivity index (χ2n) is 6.62. The molecule has 0 aromatic heterocycles. The number of carbonyl (C=O) groups excluding carboxylic acids is 2. The van der Waals surface area contributed by atoms with E-state index in [9.17, 15) is 9.59 Å². The molecule has 124 valence electrons. The zero-order valence-corrected chi connectivity index (χ0v) is 13.3. The first-order chi connectivity index (χ1) is 11.1. The molecule has 1 saturated carbocycles. The molecule has 2 fully saturated rings. The zero-order chi connectivity index (χ0) is 16.2. The fourth-order valence-electron chi connectivity index (χ4n) is 3.69. The van der Waals surface area contributed by atoms with Crippen LogP contribution in [0.5, 0.6) is 5.75 Å². The van der Waals surface area contributed by atoms with Crippen LogP contribution >= 0.6 is 0 Å². The molecule has 2 atom stereocenters. The van der Waals surface area contributed by atoms with Crippen molar-refractivity contribution in [3.8, 4) is 5.75 Å². The predicted molar refractivity (Wildman–Crippen MR) is 86.6 cm³/mol. The molecule has 0 bridgehead atoms. The van der Waals surface area contributed by atoms with Crippen LogP contribution < -0.4 is 10.5 Å². The lowest BCUT2D eigenvalue weighted by atomic mass is 9.96. The highest BCUT2D eigenvalue weighted by Gasteiger charge is 2.40. The predicted octanol–water partition coefficient (Wildman–Crippen LogP) is 1.82. The summed E-state index contributed by atoms with van der Waals surface area (Å²) in [6.07, 6.45) is 4.21. The lowest BCUT2D eigenvalue weighted by Crippen LogP contribution is -2.35. The summed E-state index contributed by atoms with van der Waals surface area (Å²) in [5.74, 6) is 0.417. The first-order valence-corrected chi connectivity index (χ1v) is 8.41. The Balaban J connectivity index is 1.61. The monoisotopic (exact) mass is 316 g/mol. The van der Waals surface area contributed by atoms with Gasteiger partial charge in [0.15, 0.2) is 0 Å². The topological polar surface area (TPSA) is 72.6 Å². The van der Waals surface area contributed by atoms with Crippen molar-refractivity contribution in [3.05, 3.63) is 30.3 Å². The molecule has 0 spiro atoms. The molecule has 1 aromatic carbocycles. The number of hydrogen-bond acceptors (Lipinski definition) is 3. The maximum absolute atomic E-state index is 12.6. The average molecular weight is 316 g/mol. The van der Waals surface area contributed by atoms with Gasteiger partial charge in [0, 0.05) is 24.9 Å². The van der Waals surface area contributed by atoms with Gasteiger partial charge in [-0.3, -0.25) is 9.59 Å². The van der Waals surface area contributed by atoms with E-state index in [0.717, 1.165) is 31.4 Å². The third-order valence-corrected chi connectivity index (χ3v) is 5.03. The molecule has 0 radical (unpaired) electrons.